The Morgan fingerprint density at radius 2 is 1.80 bits per heavy atom. The van der Waals surface area contributed by atoms with Gasteiger partial charge in [-0.05, 0) is 77.2 Å². The van der Waals surface area contributed by atoms with E-state index in [2.05, 4.69) is 25.9 Å². The quantitative estimate of drug-likeness (QED) is 0.439. The fourth-order valence-electron chi connectivity index (χ4n) is 4.93. The number of aromatic nitrogens is 2. The van der Waals surface area contributed by atoms with Crippen molar-refractivity contribution >= 4 is 23.2 Å². The molecule has 2 aliphatic carbocycles. The van der Waals surface area contributed by atoms with E-state index in [1.54, 1.807) is 6.07 Å². The Balaban J connectivity index is 1.43. The normalized spacial score (nSPS) is 21.6. The van der Waals surface area contributed by atoms with Gasteiger partial charge in [-0.1, -0.05) is 0 Å². The minimum absolute atomic E-state index is 0.0513. The van der Waals surface area contributed by atoms with Crippen LogP contribution in [-0.4, -0.2) is 38.7 Å². The highest BCUT2D eigenvalue weighted by atomic mass is 19.1. The maximum absolute atomic E-state index is 14.3. The van der Waals surface area contributed by atoms with Crippen molar-refractivity contribution in [1.29, 1.82) is 5.26 Å². The largest absolute Gasteiger partial charge is 0.390 e. The Morgan fingerprint density at radius 3 is 2.37 bits per heavy atom. The van der Waals surface area contributed by atoms with Crippen LogP contribution in [0.3, 0.4) is 0 Å². The molecule has 0 spiro atoms. The molecule has 4 rings (SSSR count). The maximum Gasteiger partial charge on any atom is 0.255 e. The van der Waals surface area contributed by atoms with E-state index < -0.39 is 11.4 Å². The average molecular weight is 481 g/mol. The summed E-state index contributed by atoms with van der Waals surface area (Å²) in [5, 5.41) is 29.0. The van der Waals surface area contributed by atoms with Crippen molar-refractivity contribution in [2.24, 2.45) is 11.8 Å². The van der Waals surface area contributed by atoms with E-state index in [1.165, 1.54) is 12.4 Å². The van der Waals surface area contributed by atoms with Gasteiger partial charge in [-0.3, -0.25) is 4.79 Å². The summed E-state index contributed by atoms with van der Waals surface area (Å²) in [5.41, 5.74) is 0.513. The van der Waals surface area contributed by atoms with Crippen LogP contribution in [-0.2, 0) is 0 Å². The van der Waals surface area contributed by atoms with Crippen molar-refractivity contribution < 1.29 is 14.3 Å². The highest BCUT2D eigenvalue weighted by molar-refractivity contribution is 6.00. The molecular weight excluding hydrogens is 447 g/mol. The molecule has 0 bridgehead atoms. The van der Waals surface area contributed by atoms with Gasteiger partial charge < -0.3 is 21.1 Å². The number of nitrogens with zero attached hydrogens (tertiary/aromatic N) is 3. The van der Waals surface area contributed by atoms with E-state index in [1.807, 2.05) is 26.8 Å². The molecule has 0 unspecified atom stereocenters. The number of amides is 1. The zero-order valence-corrected chi connectivity index (χ0v) is 20.4. The second-order valence-electron chi connectivity index (χ2n) is 10.2. The van der Waals surface area contributed by atoms with Crippen molar-refractivity contribution in [1.82, 2.24) is 15.3 Å². The van der Waals surface area contributed by atoms with Crippen LogP contribution in [0.1, 0.15) is 75.2 Å². The summed E-state index contributed by atoms with van der Waals surface area (Å²) in [4.78, 5) is 21.4. The lowest BCUT2D eigenvalue weighted by Crippen LogP contribution is -2.44. The van der Waals surface area contributed by atoms with Crippen molar-refractivity contribution in [3.63, 3.8) is 0 Å². The van der Waals surface area contributed by atoms with Gasteiger partial charge >= 0.3 is 0 Å². The Morgan fingerprint density at radius 1 is 1.14 bits per heavy atom. The second kappa shape index (κ2) is 10.2. The zero-order valence-electron chi connectivity index (χ0n) is 20.4. The number of nitriles is 1. The van der Waals surface area contributed by atoms with Crippen LogP contribution in [0.15, 0.2) is 24.5 Å². The van der Waals surface area contributed by atoms with Crippen LogP contribution in [0, 0.1) is 29.0 Å². The molecule has 2 fully saturated rings. The van der Waals surface area contributed by atoms with E-state index in [4.69, 9.17) is 5.26 Å². The number of aliphatic hydroxyl groups is 1. The first-order valence-electron chi connectivity index (χ1n) is 12.3. The molecule has 186 valence electrons. The fourth-order valence-corrected chi connectivity index (χ4v) is 4.93. The minimum Gasteiger partial charge on any atom is -0.390 e. The van der Waals surface area contributed by atoms with E-state index >= 15 is 0 Å². The lowest BCUT2D eigenvalue weighted by molar-refractivity contribution is -0.0382. The van der Waals surface area contributed by atoms with Gasteiger partial charge in [0.15, 0.2) is 11.6 Å². The number of rotatable bonds is 8. The monoisotopic (exact) mass is 480 g/mol. The SMILES string of the molecule is CC(C)Nc1cc(Nc2ncc(C#N)cc2F)ncc1C(=O)NC1CCC([C@](C)(O)C2CC2)CC1. The van der Waals surface area contributed by atoms with E-state index in [0.717, 1.165) is 44.6 Å². The van der Waals surface area contributed by atoms with Gasteiger partial charge in [0.05, 0.1) is 22.4 Å². The van der Waals surface area contributed by atoms with E-state index in [0.29, 0.717) is 23.0 Å². The first kappa shape index (κ1) is 24.9. The predicted octanol–water partition coefficient (Wildman–Crippen LogP) is 4.50. The molecule has 0 aliphatic heterocycles. The summed E-state index contributed by atoms with van der Waals surface area (Å²) < 4.78 is 14.3. The Bertz CT molecular complexity index is 1120. The molecule has 2 saturated carbocycles. The standard InChI is InChI=1S/C26H33FN6O2/c1-15(2)31-22-11-23(33-24-21(27)10-16(12-28)13-30-24)29-14-20(22)25(34)32-19-8-6-18(7-9-19)26(3,35)17-4-5-17/h10-11,13-15,17-19,35H,4-9H2,1-3H3,(H,32,34)(H2,29,30,31,33)/t18?,19?,26-/m1/s1. The van der Waals surface area contributed by atoms with Gasteiger partial charge in [-0.25, -0.2) is 14.4 Å². The van der Waals surface area contributed by atoms with Crippen LogP contribution in [0.2, 0.25) is 0 Å². The summed E-state index contributed by atoms with van der Waals surface area (Å²) in [6, 6.07) is 4.71. The van der Waals surface area contributed by atoms with Crippen LogP contribution in [0.5, 0.6) is 0 Å². The van der Waals surface area contributed by atoms with Crippen LogP contribution in [0.25, 0.3) is 0 Å². The fraction of sp³-hybridized carbons (Fsp3) is 0.538. The van der Waals surface area contributed by atoms with Gasteiger partial charge in [0.25, 0.3) is 5.91 Å². The molecule has 1 amide bonds. The maximum atomic E-state index is 14.3. The molecular formula is C26H33FN6O2. The third-order valence-corrected chi connectivity index (χ3v) is 7.10. The third kappa shape index (κ3) is 5.88. The molecule has 8 nitrogen and oxygen atoms in total. The van der Waals surface area contributed by atoms with Crippen LogP contribution >= 0.6 is 0 Å². The molecule has 2 aromatic rings. The number of carbonyl (C=O) groups excluding carboxylic acids is 1. The topological polar surface area (TPSA) is 123 Å². The molecule has 0 saturated heterocycles. The lowest BCUT2D eigenvalue weighted by Gasteiger charge is -2.38. The molecule has 9 heteroatoms. The average Bonchev–Trinajstić information content (AvgIpc) is 3.67. The highest BCUT2D eigenvalue weighted by Crippen LogP contribution is 2.47. The van der Waals surface area contributed by atoms with Crippen LogP contribution < -0.4 is 16.0 Å². The number of hydrogen-bond acceptors (Lipinski definition) is 7. The summed E-state index contributed by atoms with van der Waals surface area (Å²) in [7, 11) is 0. The molecule has 4 N–H and O–H groups in total. The highest BCUT2D eigenvalue weighted by Gasteiger charge is 2.46. The summed E-state index contributed by atoms with van der Waals surface area (Å²) in [5.74, 6) is 0.0975. The number of pyridine rings is 2. The van der Waals surface area contributed by atoms with Gasteiger partial charge in [0.2, 0.25) is 0 Å². The molecule has 2 aromatic heterocycles. The summed E-state index contributed by atoms with van der Waals surface area (Å²) in [6.45, 7) is 5.90. The molecule has 2 aliphatic rings. The van der Waals surface area contributed by atoms with E-state index in [9.17, 15) is 14.3 Å². The Kier molecular flexibility index (Phi) is 7.22. The third-order valence-electron chi connectivity index (χ3n) is 7.10. The first-order chi connectivity index (χ1) is 16.7. The first-order valence-corrected chi connectivity index (χ1v) is 12.3. The number of hydrogen-bond donors (Lipinski definition) is 4. The van der Waals surface area contributed by atoms with E-state index in [-0.39, 0.29) is 35.3 Å². The molecule has 0 aromatic carbocycles. The number of anilines is 3. The van der Waals surface area contributed by atoms with Gasteiger partial charge in [-0.15, -0.1) is 0 Å². The summed E-state index contributed by atoms with van der Waals surface area (Å²) >= 11 is 0. The van der Waals surface area contributed by atoms with Crippen molar-refractivity contribution in [2.75, 3.05) is 10.6 Å². The second-order valence-corrected chi connectivity index (χ2v) is 10.2. The van der Waals surface area contributed by atoms with Gasteiger partial charge in [0, 0.05) is 30.5 Å². The Labute approximate surface area is 205 Å². The lowest BCUT2D eigenvalue weighted by atomic mass is 9.74. The predicted molar refractivity (Wildman–Crippen MR) is 132 cm³/mol. The number of nitrogens with one attached hydrogen (secondary N) is 3. The molecule has 2 heterocycles. The van der Waals surface area contributed by atoms with Crippen LogP contribution in [0.4, 0.5) is 21.7 Å². The smallest absolute Gasteiger partial charge is 0.255 e. The molecule has 1 atom stereocenters. The van der Waals surface area contributed by atoms with Crippen molar-refractivity contribution in [3.8, 4) is 6.07 Å². The van der Waals surface area contributed by atoms with Gasteiger partial charge in [0.1, 0.15) is 11.9 Å². The molecule has 0 radical (unpaired) electrons. The Hall–Kier alpha value is -3.25. The number of carbonyl (C=O) groups is 1. The molecule has 35 heavy (non-hydrogen) atoms. The van der Waals surface area contributed by atoms with Crippen molar-refractivity contribution in [3.05, 3.63) is 41.5 Å². The van der Waals surface area contributed by atoms with Crippen molar-refractivity contribution in [2.45, 2.75) is 77.0 Å². The number of halogens is 1. The minimum atomic E-state index is -0.665. The van der Waals surface area contributed by atoms with Gasteiger partial charge in [-0.2, -0.15) is 5.26 Å². The summed E-state index contributed by atoms with van der Waals surface area (Å²) in [6.07, 6.45) is 8.44. The zero-order chi connectivity index (χ0) is 25.2.